The van der Waals surface area contributed by atoms with Gasteiger partial charge in [-0.25, -0.2) is 4.39 Å². The molecule has 1 aromatic heterocycles. The van der Waals surface area contributed by atoms with E-state index in [1.54, 1.807) is 12.1 Å². The van der Waals surface area contributed by atoms with E-state index in [2.05, 4.69) is 22.6 Å². The van der Waals surface area contributed by atoms with Gasteiger partial charge in [-0.05, 0) is 78.8 Å². The number of hydrogen-bond donors (Lipinski definition) is 0. The highest BCUT2D eigenvalue weighted by molar-refractivity contribution is 7.87. The highest BCUT2D eigenvalue weighted by atomic mass is 32.2. The molecule has 0 amide bonds. The zero-order valence-electron chi connectivity index (χ0n) is 19.0. The first-order chi connectivity index (χ1) is 15.7. The van der Waals surface area contributed by atoms with Crippen LogP contribution in [-0.4, -0.2) is 42.3 Å². The molecule has 0 unspecified atom stereocenters. The molecule has 2 aromatic carbocycles. The van der Waals surface area contributed by atoms with Crippen molar-refractivity contribution in [1.82, 2.24) is 14.1 Å². The fourth-order valence-electron chi connectivity index (χ4n) is 5.01. The predicted molar refractivity (Wildman–Crippen MR) is 128 cm³/mol. The minimum Gasteiger partial charge on any atom is -0.267 e. The third-order valence-electron chi connectivity index (χ3n) is 6.84. The van der Waals surface area contributed by atoms with E-state index >= 15 is 0 Å². The Balaban J connectivity index is 1.47. The number of hydrogen-bond acceptors (Lipinski definition) is 3. The molecule has 0 radical (unpaired) electrons. The molecular weight excluding hydrogens is 439 g/mol. The van der Waals surface area contributed by atoms with Crippen LogP contribution in [0.15, 0.2) is 52.9 Å². The average molecular weight is 467 g/mol. The summed E-state index contributed by atoms with van der Waals surface area (Å²) in [6, 6.07) is 14.9. The van der Waals surface area contributed by atoms with Gasteiger partial charge in [0, 0.05) is 44.3 Å². The van der Waals surface area contributed by atoms with Gasteiger partial charge >= 0.3 is 10.2 Å². The number of halogens is 1. The molecule has 1 saturated carbocycles. The van der Waals surface area contributed by atoms with E-state index in [4.69, 9.17) is 5.10 Å². The normalized spacial score (nSPS) is 21.4. The quantitative estimate of drug-likeness (QED) is 0.577. The van der Waals surface area contributed by atoms with Crippen LogP contribution in [0.4, 0.5) is 4.39 Å². The van der Waals surface area contributed by atoms with Crippen LogP contribution in [0.2, 0.25) is 0 Å². The maximum Gasteiger partial charge on any atom is 0.321 e. The zero-order chi connectivity index (χ0) is 23.3. The molecule has 8 heteroatoms. The van der Waals surface area contributed by atoms with Crippen molar-refractivity contribution in [2.24, 2.45) is 23.3 Å². The summed E-state index contributed by atoms with van der Waals surface area (Å²) in [6.45, 7) is 0. The summed E-state index contributed by atoms with van der Waals surface area (Å²) >= 11 is 0. The van der Waals surface area contributed by atoms with Crippen molar-refractivity contribution in [2.45, 2.75) is 25.7 Å². The van der Waals surface area contributed by atoms with E-state index in [0.717, 1.165) is 53.9 Å². The van der Waals surface area contributed by atoms with Crippen LogP contribution in [0.3, 0.4) is 0 Å². The summed E-state index contributed by atoms with van der Waals surface area (Å²) in [5, 5.41) is 4.70. The van der Waals surface area contributed by atoms with Gasteiger partial charge in [-0.15, -0.1) is 0 Å². The van der Waals surface area contributed by atoms with Crippen molar-refractivity contribution in [2.75, 3.05) is 14.1 Å². The number of aryl methyl sites for hydroxylation is 1. The Kier molecular flexibility index (Phi) is 5.45. The van der Waals surface area contributed by atoms with E-state index in [0.29, 0.717) is 0 Å². The number of rotatable bonds is 4. The molecule has 6 nitrogen and oxygen atoms in total. The Morgan fingerprint density at radius 2 is 1.61 bits per heavy atom. The highest BCUT2D eigenvalue weighted by Crippen LogP contribution is 2.39. The summed E-state index contributed by atoms with van der Waals surface area (Å²) in [6.07, 6.45) is 3.55. The molecule has 33 heavy (non-hydrogen) atoms. The lowest BCUT2D eigenvalue weighted by atomic mass is 9.91. The number of fused-ring (bicyclic) bond motifs is 3. The second-order valence-corrected chi connectivity index (χ2v) is 11.0. The van der Waals surface area contributed by atoms with E-state index in [1.165, 1.54) is 41.7 Å². The second kappa shape index (κ2) is 8.18. The van der Waals surface area contributed by atoms with Gasteiger partial charge in [-0.2, -0.15) is 22.2 Å². The monoisotopic (exact) mass is 466 g/mol. The lowest BCUT2D eigenvalue weighted by molar-refractivity contribution is 0.522. The van der Waals surface area contributed by atoms with Gasteiger partial charge in [0.15, 0.2) is 0 Å². The molecule has 1 heterocycles. The molecule has 2 bridgehead atoms. The Morgan fingerprint density at radius 3 is 2.27 bits per heavy atom. The fraction of sp³-hybridized carbons (Fsp3) is 0.360. The minimum atomic E-state index is -3.62. The molecular formula is C25H27FN4O2S. The van der Waals surface area contributed by atoms with Crippen LogP contribution in [-0.2, 0) is 30.1 Å². The maximum atomic E-state index is 13.3. The van der Waals surface area contributed by atoms with Crippen LogP contribution in [0.5, 0.6) is 0 Å². The van der Waals surface area contributed by atoms with Gasteiger partial charge in [0.2, 0.25) is 0 Å². The topological polar surface area (TPSA) is 67.6 Å². The summed E-state index contributed by atoms with van der Waals surface area (Å²) in [5.74, 6) is 0.0685. The lowest BCUT2D eigenvalue weighted by Crippen LogP contribution is -2.24. The van der Waals surface area contributed by atoms with Crippen LogP contribution in [0, 0.1) is 17.7 Å². The molecule has 2 atom stereocenters. The van der Waals surface area contributed by atoms with E-state index in [1.807, 2.05) is 17.8 Å². The molecule has 0 aliphatic heterocycles. The first kappa shape index (κ1) is 22.0. The summed E-state index contributed by atoms with van der Waals surface area (Å²) in [5.41, 5.74) is 7.04. The van der Waals surface area contributed by atoms with Gasteiger partial charge in [0.25, 0.3) is 0 Å². The van der Waals surface area contributed by atoms with Crippen molar-refractivity contribution >= 4 is 15.9 Å². The second-order valence-electron chi connectivity index (χ2n) is 9.18. The molecule has 2 aliphatic carbocycles. The van der Waals surface area contributed by atoms with Crippen molar-refractivity contribution in [1.29, 1.82) is 0 Å². The van der Waals surface area contributed by atoms with Crippen molar-refractivity contribution < 1.29 is 12.8 Å². The molecule has 0 spiro atoms. The first-order valence-electron chi connectivity index (χ1n) is 11.2. The lowest BCUT2D eigenvalue weighted by Gasteiger charge is -2.13. The van der Waals surface area contributed by atoms with Crippen LogP contribution >= 0.6 is 0 Å². The fourth-order valence-corrected chi connectivity index (χ4v) is 5.74. The van der Waals surface area contributed by atoms with E-state index in [-0.39, 0.29) is 17.7 Å². The number of nitrogens with zero attached hydrogens (tertiary/aromatic N) is 4. The molecule has 5 rings (SSSR count). The Morgan fingerprint density at radius 1 is 0.970 bits per heavy atom. The zero-order valence-corrected chi connectivity index (χ0v) is 19.8. The molecule has 2 aliphatic rings. The maximum absolute atomic E-state index is 13.3. The largest absolute Gasteiger partial charge is 0.321 e. The molecule has 1 fully saturated rings. The summed E-state index contributed by atoms with van der Waals surface area (Å²) in [4.78, 5) is 0. The minimum absolute atomic E-state index is 0.153. The number of aromatic nitrogens is 2. The Hall–Kier alpha value is -2.84. The van der Waals surface area contributed by atoms with Gasteiger partial charge in [-0.3, -0.25) is 4.68 Å². The van der Waals surface area contributed by atoms with Crippen LogP contribution in [0.25, 0.3) is 22.5 Å². The van der Waals surface area contributed by atoms with Gasteiger partial charge in [0.1, 0.15) is 5.82 Å². The third kappa shape index (κ3) is 4.13. The first-order valence-corrected chi connectivity index (χ1v) is 12.6. The van der Waals surface area contributed by atoms with Gasteiger partial charge in [-0.1, -0.05) is 12.1 Å². The van der Waals surface area contributed by atoms with Crippen LogP contribution < -0.4 is 0 Å². The predicted octanol–water partition coefficient (Wildman–Crippen LogP) is 4.27. The molecule has 0 saturated heterocycles. The van der Waals surface area contributed by atoms with Gasteiger partial charge in [0.05, 0.1) is 11.4 Å². The molecule has 3 aromatic rings. The standard InChI is InChI=1S/C25H27FN4O2S/c1-29(2)33(31,32)28-25-19-6-7-20(25)14-21-13-18(5-4-17(21)12-19)23-15-24(30(3)27-23)16-8-10-22(26)11-9-16/h4-5,8-11,13,15,19-20H,6-7,12,14H2,1-3H3/b28-25-/t19-,20+/m1/s1. The SMILES string of the molecule is CN(C)S(=O)(=O)/N=C1/[C@@H]2CC[C@H]1Cc1cc(-c3cc(-c4ccc(F)cc4)n(C)n3)ccc1C2. The smallest absolute Gasteiger partial charge is 0.267 e. The molecule has 0 N–H and O–H groups in total. The van der Waals surface area contributed by atoms with Crippen molar-refractivity contribution in [3.8, 4) is 22.5 Å². The van der Waals surface area contributed by atoms with Crippen molar-refractivity contribution in [3.63, 3.8) is 0 Å². The average Bonchev–Trinajstić information content (AvgIpc) is 3.27. The van der Waals surface area contributed by atoms with Crippen LogP contribution in [0.1, 0.15) is 24.0 Å². The van der Waals surface area contributed by atoms with E-state index < -0.39 is 10.2 Å². The Bertz CT molecular complexity index is 1340. The molecule has 172 valence electrons. The Labute approximate surface area is 194 Å². The van der Waals surface area contributed by atoms with Crippen molar-refractivity contribution in [3.05, 3.63) is 65.5 Å². The summed E-state index contributed by atoms with van der Waals surface area (Å²) < 4.78 is 45.4. The van der Waals surface area contributed by atoms with Gasteiger partial charge < -0.3 is 0 Å². The third-order valence-corrected chi connectivity index (χ3v) is 8.20. The highest BCUT2D eigenvalue weighted by Gasteiger charge is 2.37. The number of benzene rings is 2. The summed E-state index contributed by atoms with van der Waals surface area (Å²) in [7, 11) is 1.30. The van der Waals surface area contributed by atoms with E-state index in [9.17, 15) is 12.8 Å².